The highest BCUT2D eigenvalue weighted by Gasteiger charge is 2.34. The first-order chi connectivity index (χ1) is 14.5. The minimum Gasteiger partial charge on any atom is -0.453 e. The second-order valence-corrected chi connectivity index (χ2v) is 8.16. The summed E-state index contributed by atoms with van der Waals surface area (Å²) in [6, 6.07) is 4.74. The first kappa shape index (κ1) is 20.6. The van der Waals surface area contributed by atoms with E-state index in [0.29, 0.717) is 56.6 Å². The van der Waals surface area contributed by atoms with Crippen molar-refractivity contribution in [1.82, 2.24) is 10.2 Å². The number of halogens is 1. The molecule has 1 N–H and O–H groups in total. The topological polar surface area (TPSA) is 74.3 Å². The molecule has 0 spiro atoms. The van der Waals surface area contributed by atoms with Gasteiger partial charge >= 0.3 is 12.2 Å². The number of rotatable bonds is 5. The molecule has 0 aromatic heterocycles. The third kappa shape index (κ3) is 4.43. The molecule has 3 aliphatic rings. The van der Waals surface area contributed by atoms with Crippen LogP contribution in [0.3, 0.4) is 0 Å². The summed E-state index contributed by atoms with van der Waals surface area (Å²) >= 11 is 5.30. The van der Waals surface area contributed by atoms with Crippen molar-refractivity contribution >= 4 is 40.8 Å². The molecular weight excluding hydrogens is 411 g/mol. The van der Waals surface area contributed by atoms with Crippen LogP contribution in [0, 0.1) is 11.7 Å². The van der Waals surface area contributed by atoms with Crippen LogP contribution in [-0.2, 0) is 9.47 Å². The lowest BCUT2D eigenvalue weighted by atomic mass is 10.2. The van der Waals surface area contributed by atoms with Gasteiger partial charge in [-0.15, -0.1) is 0 Å². The second kappa shape index (κ2) is 8.63. The van der Waals surface area contributed by atoms with E-state index < -0.39 is 11.9 Å². The summed E-state index contributed by atoms with van der Waals surface area (Å²) in [4.78, 5) is 29.6. The lowest BCUT2D eigenvalue weighted by Gasteiger charge is -2.35. The molecule has 162 valence electrons. The van der Waals surface area contributed by atoms with Gasteiger partial charge < -0.3 is 24.6 Å². The number of nitrogens with one attached hydrogen (secondary N) is 1. The van der Waals surface area contributed by atoms with Crippen LogP contribution in [0.1, 0.15) is 12.8 Å². The Morgan fingerprint density at radius 2 is 2.03 bits per heavy atom. The molecule has 2 amide bonds. The average molecular weight is 437 g/mol. The highest BCUT2D eigenvalue weighted by molar-refractivity contribution is 7.80. The molecule has 2 heterocycles. The van der Waals surface area contributed by atoms with Gasteiger partial charge in [0.2, 0.25) is 0 Å². The average Bonchev–Trinajstić information content (AvgIpc) is 3.54. The van der Waals surface area contributed by atoms with Crippen molar-refractivity contribution in [2.75, 3.05) is 56.2 Å². The number of hydrogen-bond donors (Lipinski definition) is 1. The molecular formula is C20H25FN4O4S. The standard InChI is InChI=1S/C20H25FN4O4S/c1-28-19(26)24-8-6-23(7-9-24)17-5-4-14(10-16(17)21)25-12-15(29-20(25)27)11-22-18(30)13-2-3-13/h4-5,10,13,15H,2-3,6-9,11-12H2,1H3,(H,22,30)/t15-/m0/s1. The number of piperazine rings is 1. The lowest BCUT2D eigenvalue weighted by molar-refractivity contribution is 0.121. The maximum absolute atomic E-state index is 14.8. The van der Waals surface area contributed by atoms with Crippen LogP contribution in [0.5, 0.6) is 0 Å². The molecule has 1 aliphatic carbocycles. The van der Waals surface area contributed by atoms with Gasteiger partial charge in [0.1, 0.15) is 11.9 Å². The maximum atomic E-state index is 14.8. The molecule has 2 aliphatic heterocycles. The van der Waals surface area contributed by atoms with E-state index in [0.717, 1.165) is 17.8 Å². The van der Waals surface area contributed by atoms with E-state index in [1.165, 1.54) is 18.1 Å². The molecule has 0 radical (unpaired) electrons. The largest absolute Gasteiger partial charge is 0.453 e. The molecule has 8 nitrogen and oxygen atoms in total. The van der Waals surface area contributed by atoms with Crippen LogP contribution < -0.4 is 15.1 Å². The molecule has 1 atom stereocenters. The number of benzene rings is 1. The molecule has 4 rings (SSSR count). The number of carbonyl (C=O) groups excluding carboxylic acids is 2. The zero-order chi connectivity index (χ0) is 21.3. The van der Waals surface area contributed by atoms with Crippen molar-refractivity contribution in [2.24, 2.45) is 5.92 Å². The Bertz CT molecular complexity index is 842. The molecule has 0 bridgehead atoms. The molecule has 1 saturated carbocycles. The zero-order valence-corrected chi connectivity index (χ0v) is 17.6. The van der Waals surface area contributed by atoms with E-state index in [1.807, 2.05) is 4.90 Å². The van der Waals surface area contributed by atoms with Gasteiger partial charge in [-0.2, -0.15) is 0 Å². The van der Waals surface area contributed by atoms with Crippen molar-refractivity contribution in [1.29, 1.82) is 0 Å². The van der Waals surface area contributed by atoms with Crippen LogP contribution in [0.15, 0.2) is 18.2 Å². The number of carbonyl (C=O) groups is 2. The SMILES string of the molecule is COC(=O)N1CCN(c2ccc(N3C[C@H](CNC(=S)C4CC4)OC3=O)cc2F)CC1. The van der Waals surface area contributed by atoms with E-state index in [-0.39, 0.29) is 12.2 Å². The maximum Gasteiger partial charge on any atom is 0.414 e. The fourth-order valence-corrected chi connectivity index (χ4v) is 4.04. The van der Waals surface area contributed by atoms with Gasteiger partial charge in [-0.3, -0.25) is 4.90 Å². The summed E-state index contributed by atoms with van der Waals surface area (Å²) < 4.78 is 24.9. The third-order valence-electron chi connectivity index (χ3n) is 5.62. The predicted molar refractivity (Wildman–Crippen MR) is 114 cm³/mol. The van der Waals surface area contributed by atoms with Gasteiger partial charge in [-0.05, 0) is 31.0 Å². The summed E-state index contributed by atoms with van der Waals surface area (Å²) in [5.74, 6) is 0.0487. The summed E-state index contributed by atoms with van der Waals surface area (Å²) in [5.41, 5.74) is 0.908. The number of anilines is 2. The molecule has 10 heteroatoms. The summed E-state index contributed by atoms with van der Waals surface area (Å²) in [5, 5.41) is 3.17. The minimum absolute atomic E-state index is 0.330. The van der Waals surface area contributed by atoms with Crippen molar-refractivity contribution in [2.45, 2.75) is 18.9 Å². The second-order valence-electron chi connectivity index (χ2n) is 7.72. The Balaban J connectivity index is 1.35. The summed E-state index contributed by atoms with van der Waals surface area (Å²) in [6.07, 6.45) is 1.04. The smallest absolute Gasteiger partial charge is 0.414 e. The predicted octanol–water partition coefficient (Wildman–Crippen LogP) is 2.37. The van der Waals surface area contributed by atoms with Gasteiger partial charge in [0.15, 0.2) is 0 Å². The van der Waals surface area contributed by atoms with Gasteiger partial charge in [0.25, 0.3) is 0 Å². The van der Waals surface area contributed by atoms with Gasteiger partial charge in [0, 0.05) is 32.1 Å². The summed E-state index contributed by atoms with van der Waals surface area (Å²) in [6.45, 7) is 2.74. The van der Waals surface area contributed by atoms with Crippen LogP contribution in [0.2, 0.25) is 0 Å². The fraction of sp³-hybridized carbons (Fsp3) is 0.550. The quantitative estimate of drug-likeness (QED) is 0.711. The van der Waals surface area contributed by atoms with Crippen molar-refractivity contribution in [3.63, 3.8) is 0 Å². The molecule has 0 unspecified atom stereocenters. The van der Waals surface area contributed by atoms with E-state index in [4.69, 9.17) is 21.7 Å². The number of methoxy groups -OCH3 is 1. The monoisotopic (exact) mass is 436 g/mol. The molecule has 3 fully saturated rings. The number of thiocarbonyl (C=S) groups is 1. The zero-order valence-electron chi connectivity index (χ0n) is 16.8. The minimum atomic E-state index is -0.488. The Morgan fingerprint density at radius 3 is 2.67 bits per heavy atom. The number of nitrogens with zero attached hydrogens (tertiary/aromatic N) is 3. The van der Waals surface area contributed by atoms with Gasteiger partial charge in [-0.25, -0.2) is 14.0 Å². The molecule has 30 heavy (non-hydrogen) atoms. The molecule has 2 saturated heterocycles. The Morgan fingerprint density at radius 1 is 1.30 bits per heavy atom. The number of hydrogen-bond acceptors (Lipinski definition) is 6. The van der Waals surface area contributed by atoms with Crippen molar-refractivity contribution in [3.05, 3.63) is 24.0 Å². The summed E-state index contributed by atoms with van der Waals surface area (Å²) in [7, 11) is 1.35. The first-order valence-corrected chi connectivity index (χ1v) is 10.5. The van der Waals surface area contributed by atoms with Crippen molar-refractivity contribution < 1.29 is 23.5 Å². The van der Waals surface area contributed by atoms with Crippen LogP contribution in [-0.4, -0.2) is 74.6 Å². The van der Waals surface area contributed by atoms with E-state index in [1.54, 1.807) is 17.0 Å². The highest BCUT2D eigenvalue weighted by Crippen LogP contribution is 2.30. The van der Waals surface area contributed by atoms with Crippen LogP contribution >= 0.6 is 12.2 Å². The Labute approximate surface area is 179 Å². The third-order valence-corrected chi connectivity index (χ3v) is 6.10. The van der Waals surface area contributed by atoms with E-state index in [9.17, 15) is 14.0 Å². The number of ether oxygens (including phenoxy) is 2. The van der Waals surface area contributed by atoms with Gasteiger partial charge in [-0.1, -0.05) is 12.2 Å². The highest BCUT2D eigenvalue weighted by atomic mass is 32.1. The Hall–Kier alpha value is -2.62. The van der Waals surface area contributed by atoms with Crippen LogP contribution in [0.4, 0.5) is 25.4 Å². The first-order valence-electron chi connectivity index (χ1n) is 10.1. The molecule has 1 aromatic rings. The number of amides is 2. The van der Waals surface area contributed by atoms with Crippen molar-refractivity contribution in [3.8, 4) is 0 Å². The Kier molecular flexibility index (Phi) is 5.94. The molecule has 1 aromatic carbocycles. The van der Waals surface area contributed by atoms with E-state index >= 15 is 0 Å². The fourth-order valence-electron chi connectivity index (χ4n) is 3.72. The normalized spacial score (nSPS) is 21.5. The van der Waals surface area contributed by atoms with E-state index in [2.05, 4.69) is 5.32 Å². The lowest BCUT2D eigenvalue weighted by Crippen LogP contribution is -2.49. The number of cyclic esters (lactones) is 1. The van der Waals surface area contributed by atoms with Crippen LogP contribution in [0.25, 0.3) is 0 Å². The van der Waals surface area contributed by atoms with Gasteiger partial charge in [0.05, 0.1) is 36.6 Å².